The van der Waals surface area contributed by atoms with Gasteiger partial charge in [0.25, 0.3) is 5.91 Å². The summed E-state index contributed by atoms with van der Waals surface area (Å²) in [5, 5.41) is 6.71. The summed E-state index contributed by atoms with van der Waals surface area (Å²) in [7, 11) is 0. The van der Waals surface area contributed by atoms with E-state index in [2.05, 4.69) is 59.1 Å². The molecule has 0 spiro atoms. The third-order valence-electron chi connectivity index (χ3n) is 5.91. The largest absolute Gasteiger partial charge is 0.351 e. The van der Waals surface area contributed by atoms with E-state index < -0.39 is 0 Å². The second-order valence-electron chi connectivity index (χ2n) is 9.60. The molecule has 4 nitrogen and oxygen atoms in total. The van der Waals surface area contributed by atoms with Crippen LogP contribution in [0.3, 0.4) is 0 Å². The summed E-state index contributed by atoms with van der Waals surface area (Å²) in [5.41, 5.74) is 1.53. The standard InChI is InChI=1S/C20H32N2O2S/c1-11-12(2)25-17(13(11)15(23)21-10-18(3,4)5)22-16(24)14-19(6,7)20(14,8)9/h14H,10H2,1-9H3,(H,21,23)(H,22,24). The van der Waals surface area contributed by atoms with Gasteiger partial charge in [-0.05, 0) is 35.7 Å². The number of amides is 2. The molecule has 0 atom stereocenters. The van der Waals surface area contributed by atoms with Crippen molar-refractivity contribution in [3.8, 4) is 0 Å². The first kappa shape index (κ1) is 20.0. The summed E-state index contributed by atoms with van der Waals surface area (Å²) in [4.78, 5) is 26.6. The van der Waals surface area contributed by atoms with Gasteiger partial charge in [0.2, 0.25) is 5.91 Å². The fourth-order valence-corrected chi connectivity index (χ4v) is 4.52. The van der Waals surface area contributed by atoms with Crippen LogP contribution in [0.4, 0.5) is 5.00 Å². The van der Waals surface area contributed by atoms with Crippen molar-refractivity contribution in [2.75, 3.05) is 11.9 Å². The van der Waals surface area contributed by atoms with Gasteiger partial charge in [0.15, 0.2) is 0 Å². The number of thiophene rings is 1. The fraction of sp³-hybridized carbons (Fsp3) is 0.700. The van der Waals surface area contributed by atoms with Crippen molar-refractivity contribution in [3.63, 3.8) is 0 Å². The molecule has 0 radical (unpaired) electrons. The van der Waals surface area contributed by atoms with Crippen LogP contribution in [0.2, 0.25) is 0 Å². The maximum atomic E-state index is 12.8. The third kappa shape index (κ3) is 3.62. The van der Waals surface area contributed by atoms with Gasteiger partial charge in [-0.15, -0.1) is 11.3 Å². The minimum atomic E-state index is -0.110. The number of carbonyl (C=O) groups excluding carboxylic acids is 2. The lowest BCUT2D eigenvalue weighted by atomic mass is 9.97. The predicted octanol–water partition coefficient (Wildman–Crippen LogP) is 4.76. The molecule has 0 aromatic carbocycles. The maximum Gasteiger partial charge on any atom is 0.254 e. The smallest absolute Gasteiger partial charge is 0.254 e. The lowest BCUT2D eigenvalue weighted by Crippen LogP contribution is -2.33. The van der Waals surface area contributed by atoms with Crippen molar-refractivity contribution in [2.24, 2.45) is 22.2 Å². The number of rotatable bonds is 4. The Bertz CT molecular complexity index is 694. The lowest BCUT2D eigenvalue weighted by Gasteiger charge is -2.19. The zero-order valence-corrected chi connectivity index (χ0v) is 17.8. The Morgan fingerprint density at radius 1 is 1.08 bits per heavy atom. The van der Waals surface area contributed by atoms with E-state index in [-0.39, 0.29) is 34.0 Å². The molecule has 1 aliphatic carbocycles. The molecule has 1 fully saturated rings. The third-order valence-corrected chi connectivity index (χ3v) is 7.03. The monoisotopic (exact) mass is 364 g/mol. The van der Waals surface area contributed by atoms with E-state index in [0.717, 1.165) is 10.4 Å². The Morgan fingerprint density at radius 3 is 2.04 bits per heavy atom. The van der Waals surface area contributed by atoms with Crippen LogP contribution in [-0.4, -0.2) is 18.4 Å². The van der Waals surface area contributed by atoms with Crippen molar-refractivity contribution >= 4 is 28.2 Å². The summed E-state index contributed by atoms with van der Waals surface area (Å²) in [5.74, 6) is -0.129. The molecule has 2 rings (SSSR count). The second kappa shape index (κ2) is 6.11. The van der Waals surface area contributed by atoms with Gasteiger partial charge >= 0.3 is 0 Å². The predicted molar refractivity (Wildman–Crippen MR) is 105 cm³/mol. The highest BCUT2D eigenvalue weighted by molar-refractivity contribution is 7.16. The Balaban J connectivity index is 2.21. The van der Waals surface area contributed by atoms with Gasteiger partial charge in [-0.3, -0.25) is 9.59 Å². The molecule has 0 unspecified atom stereocenters. The lowest BCUT2D eigenvalue weighted by molar-refractivity contribution is -0.118. The van der Waals surface area contributed by atoms with Crippen LogP contribution in [0.1, 0.15) is 69.3 Å². The second-order valence-corrected chi connectivity index (χ2v) is 10.8. The van der Waals surface area contributed by atoms with E-state index in [1.807, 2.05) is 13.8 Å². The van der Waals surface area contributed by atoms with Gasteiger partial charge in [0.05, 0.1) is 5.56 Å². The van der Waals surface area contributed by atoms with Crippen molar-refractivity contribution < 1.29 is 9.59 Å². The summed E-state index contributed by atoms with van der Waals surface area (Å²) < 4.78 is 0. The van der Waals surface area contributed by atoms with Crippen LogP contribution < -0.4 is 10.6 Å². The maximum absolute atomic E-state index is 12.8. The molecular weight excluding hydrogens is 332 g/mol. The van der Waals surface area contributed by atoms with Crippen LogP contribution >= 0.6 is 11.3 Å². The average Bonchev–Trinajstić information content (AvgIpc) is 2.67. The Kier molecular flexibility index (Phi) is 4.88. The van der Waals surface area contributed by atoms with Gasteiger partial charge in [-0.1, -0.05) is 48.5 Å². The summed E-state index contributed by atoms with van der Waals surface area (Å²) in [6.45, 7) is 19.3. The molecule has 1 aliphatic rings. The quantitative estimate of drug-likeness (QED) is 0.809. The number of hydrogen-bond acceptors (Lipinski definition) is 3. The Morgan fingerprint density at radius 2 is 1.60 bits per heavy atom. The molecule has 140 valence electrons. The molecule has 1 saturated carbocycles. The minimum absolute atomic E-state index is 0.0140. The van der Waals surface area contributed by atoms with E-state index in [9.17, 15) is 9.59 Å². The SMILES string of the molecule is Cc1sc(NC(=O)C2C(C)(C)C2(C)C)c(C(=O)NCC(C)(C)C)c1C. The zero-order valence-electron chi connectivity index (χ0n) is 17.0. The van der Waals surface area contributed by atoms with Gasteiger partial charge in [0.1, 0.15) is 5.00 Å². The topological polar surface area (TPSA) is 58.2 Å². The molecule has 2 N–H and O–H groups in total. The molecule has 0 bridgehead atoms. The van der Waals surface area contributed by atoms with Crippen LogP contribution in [0.5, 0.6) is 0 Å². The van der Waals surface area contributed by atoms with Gasteiger partial charge in [0, 0.05) is 17.3 Å². The van der Waals surface area contributed by atoms with Gasteiger partial charge in [-0.25, -0.2) is 0 Å². The number of hydrogen-bond donors (Lipinski definition) is 2. The van der Waals surface area contributed by atoms with Crippen LogP contribution in [0, 0.1) is 36.0 Å². The van der Waals surface area contributed by atoms with E-state index in [4.69, 9.17) is 0 Å². The molecule has 2 amide bonds. The Labute approximate surface area is 155 Å². The minimum Gasteiger partial charge on any atom is -0.351 e. The van der Waals surface area contributed by atoms with Crippen LogP contribution in [0.15, 0.2) is 0 Å². The van der Waals surface area contributed by atoms with Crippen molar-refractivity contribution in [2.45, 2.75) is 62.3 Å². The van der Waals surface area contributed by atoms with Gasteiger partial charge < -0.3 is 10.6 Å². The fourth-order valence-electron chi connectivity index (χ4n) is 3.46. The van der Waals surface area contributed by atoms with Gasteiger partial charge in [-0.2, -0.15) is 0 Å². The molecule has 1 aromatic rings. The normalized spacial score (nSPS) is 18.8. The molecule has 1 heterocycles. The number of aryl methyl sites for hydroxylation is 1. The number of nitrogens with one attached hydrogen (secondary N) is 2. The van der Waals surface area contributed by atoms with Crippen molar-refractivity contribution in [1.82, 2.24) is 5.32 Å². The molecule has 0 aliphatic heterocycles. The van der Waals surface area contributed by atoms with E-state index >= 15 is 0 Å². The first-order valence-electron chi connectivity index (χ1n) is 8.89. The summed E-state index contributed by atoms with van der Waals surface area (Å²) in [6.07, 6.45) is 0. The molecular formula is C20H32N2O2S. The average molecular weight is 365 g/mol. The highest BCUT2D eigenvalue weighted by atomic mass is 32.1. The van der Waals surface area contributed by atoms with Crippen LogP contribution in [0.25, 0.3) is 0 Å². The van der Waals surface area contributed by atoms with Crippen molar-refractivity contribution in [3.05, 3.63) is 16.0 Å². The molecule has 25 heavy (non-hydrogen) atoms. The zero-order chi connectivity index (χ0) is 19.4. The Hall–Kier alpha value is -1.36. The number of carbonyl (C=O) groups is 2. The molecule has 1 aromatic heterocycles. The highest BCUT2D eigenvalue weighted by Gasteiger charge is 2.68. The van der Waals surface area contributed by atoms with E-state index in [1.165, 1.54) is 11.3 Å². The highest BCUT2D eigenvalue weighted by Crippen LogP contribution is 2.68. The summed E-state index contributed by atoms with van der Waals surface area (Å²) in [6, 6.07) is 0. The van der Waals surface area contributed by atoms with Crippen LogP contribution in [-0.2, 0) is 4.79 Å². The van der Waals surface area contributed by atoms with E-state index in [0.29, 0.717) is 17.1 Å². The number of anilines is 1. The summed E-state index contributed by atoms with van der Waals surface area (Å²) >= 11 is 1.48. The first-order valence-corrected chi connectivity index (χ1v) is 9.71. The molecule has 5 heteroatoms. The van der Waals surface area contributed by atoms with Crippen molar-refractivity contribution in [1.29, 1.82) is 0 Å². The molecule has 0 saturated heterocycles. The van der Waals surface area contributed by atoms with E-state index in [1.54, 1.807) is 0 Å². The first-order chi connectivity index (χ1) is 11.2.